The van der Waals surface area contributed by atoms with Crippen LogP contribution < -0.4 is 4.90 Å². The first-order valence-electron chi connectivity index (χ1n) is 7.00. The summed E-state index contributed by atoms with van der Waals surface area (Å²) in [6.07, 6.45) is 4.19. The van der Waals surface area contributed by atoms with Gasteiger partial charge >= 0.3 is 0 Å². The van der Waals surface area contributed by atoms with E-state index in [9.17, 15) is 9.59 Å². The molecule has 0 saturated heterocycles. The number of hydrogen-bond donors (Lipinski definition) is 0. The second-order valence-corrected chi connectivity index (χ2v) is 5.05. The van der Waals surface area contributed by atoms with Gasteiger partial charge in [0.05, 0.1) is 0 Å². The van der Waals surface area contributed by atoms with E-state index in [-0.39, 0.29) is 11.8 Å². The molecule has 2 amide bonds. The Morgan fingerprint density at radius 2 is 1.95 bits per heavy atom. The minimum absolute atomic E-state index is 0.0350. The number of carbonyl (C=O) groups excluding carboxylic acids is 2. The summed E-state index contributed by atoms with van der Waals surface area (Å²) >= 11 is 0. The number of rotatable bonds is 5. The third-order valence-electron chi connectivity index (χ3n) is 3.59. The Bertz CT molecular complexity index is 582. The van der Waals surface area contributed by atoms with Crippen LogP contribution in [0, 0.1) is 0 Å². The van der Waals surface area contributed by atoms with E-state index < -0.39 is 0 Å². The Hall–Kier alpha value is -2.36. The van der Waals surface area contributed by atoms with E-state index in [1.165, 1.54) is 0 Å². The zero-order valence-corrected chi connectivity index (χ0v) is 12.3. The largest absolute Gasteiger partial charge is 0.331 e. The molecular formula is C17H20N2O2. The van der Waals surface area contributed by atoms with Crippen LogP contribution >= 0.6 is 0 Å². The van der Waals surface area contributed by atoms with Crippen LogP contribution in [0.25, 0.3) is 0 Å². The van der Waals surface area contributed by atoms with Gasteiger partial charge in [-0.2, -0.15) is 0 Å². The second-order valence-electron chi connectivity index (χ2n) is 5.05. The maximum absolute atomic E-state index is 12.5. The molecule has 1 heterocycles. The lowest BCUT2D eigenvalue weighted by Gasteiger charge is -2.20. The molecular weight excluding hydrogens is 264 g/mol. The summed E-state index contributed by atoms with van der Waals surface area (Å²) in [5, 5.41) is 0. The summed E-state index contributed by atoms with van der Waals surface area (Å²) in [7, 11) is 0. The first-order chi connectivity index (χ1) is 10.1. The van der Waals surface area contributed by atoms with Gasteiger partial charge in [0.25, 0.3) is 5.91 Å². The third kappa shape index (κ3) is 3.05. The maximum atomic E-state index is 12.5. The van der Waals surface area contributed by atoms with E-state index in [1.807, 2.05) is 12.1 Å². The van der Waals surface area contributed by atoms with Gasteiger partial charge in [-0.15, -0.1) is 13.2 Å². The molecule has 1 aliphatic rings. The van der Waals surface area contributed by atoms with Crippen molar-refractivity contribution in [3.8, 4) is 0 Å². The third-order valence-corrected chi connectivity index (χ3v) is 3.59. The summed E-state index contributed by atoms with van der Waals surface area (Å²) in [5.41, 5.74) is 2.61. The average molecular weight is 284 g/mol. The normalized spacial score (nSPS) is 12.7. The highest BCUT2D eigenvalue weighted by molar-refractivity contribution is 5.98. The lowest BCUT2D eigenvalue weighted by Crippen LogP contribution is -2.31. The predicted octanol–water partition coefficient (Wildman–Crippen LogP) is 2.41. The SMILES string of the molecule is C=CCN(CC=C)C(=O)c1ccc2c(c1)CCN2C(C)=O. The average Bonchev–Trinajstić information content (AvgIpc) is 2.89. The summed E-state index contributed by atoms with van der Waals surface area (Å²) < 4.78 is 0. The molecule has 0 fully saturated rings. The van der Waals surface area contributed by atoms with Crippen molar-refractivity contribution in [3.05, 3.63) is 54.6 Å². The summed E-state index contributed by atoms with van der Waals surface area (Å²) in [6, 6.07) is 5.53. The molecule has 0 unspecified atom stereocenters. The number of hydrogen-bond acceptors (Lipinski definition) is 2. The molecule has 0 saturated carbocycles. The van der Waals surface area contributed by atoms with Crippen LogP contribution in [-0.2, 0) is 11.2 Å². The Morgan fingerprint density at radius 1 is 1.29 bits per heavy atom. The molecule has 110 valence electrons. The molecule has 0 aliphatic carbocycles. The van der Waals surface area contributed by atoms with Gasteiger partial charge in [0.1, 0.15) is 0 Å². The minimum Gasteiger partial charge on any atom is -0.331 e. The smallest absolute Gasteiger partial charge is 0.254 e. The first kappa shape index (κ1) is 15.0. The number of anilines is 1. The van der Waals surface area contributed by atoms with Gasteiger partial charge in [-0.1, -0.05) is 12.2 Å². The Kier molecular flexibility index (Phi) is 4.58. The molecule has 2 rings (SSSR count). The van der Waals surface area contributed by atoms with Crippen molar-refractivity contribution >= 4 is 17.5 Å². The van der Waals surface area contributed by atoms with Crippen molar-refractivity contribution in [2.75, 3.05) is 24.5 Å². The van der Waals surface area contributed by atoms with Crippen LogP contribution in [0.4, 0.5) is 5.69 Å². The Labute approximate surface area is 125 Å². The van der Waals surface area contributed by atoms with E-state index in [4.69, 9.17) is 0 Å². The van der Waals surface area contributed by atoms with Gasteiger partial charge in [-0.25, -0.2) is 0 Å². The molecule has 0 atom stereocenters. The van der Waals surface area contributed by atoms with E-state index >= 15 is 0 Å². The monoisotopic (exact) mass is 284 g/mol. The van der Waals surface area contributed by atoms with E-state index in [2.05, 4.69) is 13.2 Å². The molecule has 0 bridgehead atoms. The molecule has 1 aromatic rings. The predicted molar refractivity (Wildman–Crippen MR) is 84.5 cm³/mol. The molecule has 0 aromatic heterocycles. The molecule has 4 heteroatoms. The zero-order valence-electron chi connectivity index (χ0n) is 12.3. The lowest BCUT2D eigenvalue weighted by molar-refractivity contribution is -0.116. The second kappa shape index (κ2) is 6.39. The number of benzene rings is 1. The topological polar surface area (TPSA) is 40.6 Å². The molecule has 1 aromatic carbocycles. The van der Waals surface area contributed by atoms with Crippen LogP contribution in [0.3, 0.4) is 0 Å². The van der Waals surface area contributed by atoms with Gasteiger partial charge in [0.15, 0.2) is 0 Å². The van der Waals surface area contributed by atoms with Gasteiger partial charge in [0, 0.05) is 37.8 Å². The highest BCUT2D eigenvalue weighted by Crippen LogP contribution is 2.29. The lowest BCUT2D eigenvalue weighted by atomic mass is 10.1. The fourth-order valence-corrected chi connectivity index (χ4v) is 2.60. The molecule has 0 N–H and O–H groups in total. The number of nitrogens with zero attached hydrogens (tertiary/aromatic N) is 2. The van der Waals surface area contributed by atoms with Gasteiger partial charge < -0.3 is 9.80 Å². The van der Waals surface area contributed by atoms with E-state index in [0.717, 1.165) is 17.7 Å². The van der Waals surface area contributed by atoms with Crippen LogP contribution in [-0.4, -0.2) is 36.3 Å². The van der Waals surface area contributed by atoms with E-state index in [1.54, 1.807) is 34.9 Å². The fourth-order valence-electron chi connectivity index (χ4n) is 2.60. The fraction of sp³-hybridized carbons (Fsp3) is 0.294. The van der Waals surface area contributed by atoms with Crippen LogP contribution in [0.1, 0.15) is 22.8 Å². The van der Waals surface area contributed by atoms with Crippen molar-refractivity contribution in [3.63, 3.8) is 0 Å². The molecule has 1 aliphatic heterocycles. The molecule has 4 nitrogen and oxygen atoms in total. The molecule has 21 heavy (non-hydrogen) atoms. The van der Waals surface area contributed by atoms with Crippen molar-refractivity contribution < 1.29 is 9.59 Å². The Balaban J connectivity index is 2.26. The van der Waals surface area contributed by atoms with E-state index in [0.29, 0.717) is 25.2 Å². The van der Waals surface area contributed by atoms with Crippen LogP contribution in [0.5, 0.6) is 0 Å². The first-order valence-corrected chi connectivity index (χ1v) is 7.00. The maximum Gasteiger partial charge on any atom is 0.254 e. The summed E-state index contributed by atoms with van der Waals surface area (Å²) in [5.74, 6) is -0.00774. The minimum atomic E-state index is -0.0427. The highest BCUT2D eigenvalue weighted by atomic mass is 16.2. The van der Waals surface area contributed by atoms with Crippen molar-refractivity contribution in [1.82, 2.24) is 4.90 Å². The van der Waals surface area contributed by atoms with Crippen LogP contribution in [0.15, 0.2) is 43.5 Å². The molecule has 0 radical (unpaired) electrons. The van der Waals surface area contributed by atoms with Crippen molar-refractivity contribution in [2.24, 2.45) is 0 Å². The quantitative estimate of drug-likeness (QED) is 0.779. The van der Waals surface area contributed by atoms with Crippen molar-refractivity contribution in [2.45, 2.75) is 13.3 Å². The van der Waals surface area contributed by atoms with Crippen molar-refractivity contribution in [1.29, 1.82) is 0 Å². The molecule has 0 spiro atoms. The summed E-state index contributed by atoms with van der Waals surface area (Å²) in [6.45, 7) is 10.6. The highest BCUT2D eigenvalue weighted by Gasteiger charge is 2.24. The number of carbonyl (C=O) groups is 2. The number of fused-ring (bicyclic) bond motifs is 1. The number of amides is 2. The van der Waals surface area contributed by atoms with Gasteiger partial charge in [0.2, 0.25) is 5.91 Å². The Morgan fingerprint density at radius 3 is 2.52 bits per heavy atom. The zero-order chi connectivity index (χ0) is 15.4. The van der Waals surface area contributed by atoms with Gasteiger partial charge in [-0.05, 0) is 30.2 Å². The summed E-state index contributed by atoms with van der Waals surface area (Å²) in [4.78, 5) is 27.4. The van der Waals surface area contributed by atoms with Crippen LogP contribution in [0.2, 0.25) is 0 Å². The van der Waals surface area contributed by atoms with Gasteiger partial charge in [-0.3, -0.25) is 9.59 Å². The standard InChI is InChI=1S/C17H20N2O2/c1-4-9-18(10-5-2)17(21)15-6-7-16-14(12-15)8-11-19(16)13(3)20/h4-7,12H,1-2,8-11H2,3H3.